The summed E-state index contributed by atoms with van der Waals surface area (Å²) in [6.07, 6.45) is 0. The Labute approximate surface area is 112 Å². The molecule has 2 aromatic rings. The van der Waals surface area contributed by atoms with Crippen LogP contribution in [0.4, 0.5) is 5.69 Å². The third-order valence-corrected chi connectivity index (χ3v) is 2.57. The zero-order valence-electron chi connectivity index (χ0n) is 10.5. The van der Waals surface area contributed by atoms with Crippen LogP contribution in [0.25, 0.3) is 0 Å². The van der Waals surface area contributed by atoms with Gasteiger partial charge in [0.2, 0.25) is 0 Å². The van der Waals surface area contributed by atoms with Gasteiger partial charge in [0.25, 0.3) is 5.91 Å². The summed E-state index contributed by atoms with van der Waals surface area (Å²) < 4.78 is 5.48. The van der Waals surface area contributed by atoms with Crippen LogP contribution in [0.15, 0.2) is 54.6 Å². The van der Waals surface area contributed by atoms with Gasteiger partial charge in [-0.2, -0.15) is 0 Å². The van der Waals surface area contributed by atoms with Crippen molar-refractivity contribution < 1.29 is 9.53 Å². The van der Waals surface area contributed by atoms with Gasteiger partial charge in [-0.1, -0.05) is 18.2 Å². The average molecular weight is 256 g/mol. The number of para-hydroxylation sites is 1. The molecule has 19 heavy (non-hydrogen) atoms. The predicted molar refractivity (Wildman–Crippen MR) is 75.1 cm³/mol. The lowest BCUT2D eigenvalue weighted by Gasteiger charge is -2.07. The fraction of sp³-hybridized carbons (Fsp3) is 0.133. The first-order chi connectivity index (χ1) is 9.25. The molecule has 4 heteroatoms. The first-order valence-electron chi connectivity index (χ1n) is 6.07. The van der Waals surface area contributed by atoms with E-state index in [1.807, 2.05) is 30.3 Å². The van der Waals surface area contributed by atoms with E-state index < -0.39 is 0 Å². The largest absolute Gasteiger partial charge is 0.492 e. The topological polar surface area (TPSA) is 64.4 Å². The molecule has 2 rings (SSSR count). The number of amides is 1. The maximum Gasteiger partial charge on any atom is 0.251 e. The second kappa shape index (κ2) is 6.44. The smallest absolute Gasteiger partial charge is 0.251 e. The second-order valence-electron chi connectivity index (χ2n) is 4.04. The van der Waals surface area contributed by atoms with Gasteiger partial charge in [0, 0.05) is 11.3 Å². The van der Waals surface area contributed by atoms with Gasteiger partial charge >= 0.3 is 0 Å². The monoisotopic (exact) mass is 256 g/mol. The molecule has 0 bridgehead atoms. The van der Waals surface area contributed by atoms with Gasteiger partial charge < -0.3 is 15.8 Å². The summed E-state index contributed by atoms with van der Waals surface area (Å²) in [4.78, 5) is 11.8. The van der Waals surface area contributed by atoms with Crippen molar-refractivity contribution in [2.45, 2.75) is 0 Å². The number of nitrogens with one attached hydrogen (secondary N) is 1. The van der Waals surface area contributed by atoms with E-state index in [0.29, 0.717) is 24.4 Å². The Kier molecular flexibility index (Phi) is 4.39. The SMILES string of the molecule is Nc1ccc(C(=O)NCCOc2ccccc2)cc1. The molecule has 0 radical (unpaired) electrons. The number of benzene rings is 2. The first-order valence-corrected chi connectivity index (χ1v) is 6.07. The van der Waals surface area contributed by atoms with E-state index in [4.69, 9.17) is 10.5 Å². The maximum absolute atomic E-state index is 11.8. The minimum absolute atomic E-state index is 0.128. The average Bonchev–Trinajstić information content (AvgIpc) is 2.45. The highest BCUT2D eigenvalue weighted by atomic mass is 16.5. The minimum atomic E-state index is -0.128. The maximum atomic E-state index is 11.8. The molecule has 0 atom stereocenters. The Hall–Kier alpha value is -2.49. The minimum Gasteiger partial charge on any atom is -0.492 e. The highest BCUT2D eigenvalue weighted by Crippen LogP contribution is 2.07. The van der Waals surface area contributed by atoms with E-state index in [9.17, 15) is 4.79 Å². The van der Waals surface area contributed by atoms with Gasteiger partial charge in [0.1, 0.15) is 12.4 Å². The molecule has 1 amide bonds. The van der Waals surface area contributed by atoms with E-state index >= 15 is 0 Å². The lowest BCUT2D eigenvalue weighted by atomic mass is 10.2. The van der Waals surface area contributed by atoms with Crippen molar-refractivity contribution in [2.75, 3.05) is 18.9 Å². The fourth-order valence-electron chi connectivity index (χ4n) is 1.59. The van der Waals surface area contributed by atoms with Crippen molar-refractivity contribution in [1.82, 2.24) is 5.32 Å². The van der Waals surface area contributed by atoms with E-state index in [2.05, 4.69) is 5.32 Å². The molecule has 3 N–H and O–H groups in total. The van der Waals surface area contributed by atoms with Crippen molar-refractivity contribution in [3.05, 3.63) is 60.2 Å². The van der Waals surface area contributed by atoms with Crippen LogP contribution in [-0.4, -0.2) is 19.1 Å². The van der Waals surface area contributed by atoms with E-state index in [-0.39, 0.29) is 5.91 Å². The molecule has 0 aliphatic rings. The summed E-state index contributed by atoms with van der Waals surface area (Å²) in [5.41, 5.74) is 6.80. The summed E-state index contributed by atoms with van der Waals surface area (Å²) in [6, 6.07) is 16.3. The number of anilines is 1. The fourth-order valence-corrected chi connectivity index (χ4v) is 1.59. The summed E-state index contributed by atoms with van der Waals surface area (Å²) >= 11 is 0. The molecule has 0 saturated heterocycles. The number of rotatable bonds is 5. The molecule has 0 aromatic heterocycles. The third kappa shape index (κ3) is 4.03. The molecule has 0 heterocycles. The van der Waals surface area contributed by atoms with E-state index in [1.165, 1.54) is 0 Å². The summed E-state index contributed by atoms with van der Waals surface area (Å²) in [5, 5.41) is 2.78. The van der Waals surface area contributed by atoms with Crippen molar-refractivity contribution in [3.63, 3.8) is 0 Å². The zero-order valence-corrected chi connectivity index (χ0v) is 10.5. The number of nitrogens with two attached hydrogens (primary N) is 1. The summed E-state index contributed by atoms with van der Waals surface area (Å²) in [6.45, 7) is 0.892. The van der Waals surface area contributed by atoms with Crippen LogP contribution in [-0.2, 0) is 0 Å². The molecule has 98 valence electrons. The van der Waals surface area contributed by atoms with Crippen molar-refractivity contribution in [3.8, 4) is 5.75 Å². The molecule has 0 aliphatic heterocycles. The van der Waals surface area contributed by atoms with Crippen LogP contribution in [0.1, 0.15) is 10.4 Å². The van der Waals surface area contributed by atoms with E-state index in [1.54, 1.807) is 24.3 Å². The third-order valence-electron chi connectivity index (χ3n) is 2.57. The van der Waals surface area contributed by atoms with Gasteiger partial charge in [0.15, 0.2) is 0 Å². The second-order valence-corrected chi connectivity index (χ2v) is 4.04. The van der Waals surface area contributed by atoms with Crippen molar-refractivity contribution >= 4 is 11.6 Å². The number of carbonyl (C=O) groups excluding carboxylic acids is 1. The normalized spacial score (nSPS) is 9.89. The molecule has 2 aromatic carbocycles. The van der Waals surface area contributed by atoms with Crippen molar-refractivity contribution in [2.24, 2.45) is 0 Å². The Morgan fingerprint density at radius 1 is 1.05 bits per heavy atom. The predicted octanol–water partition coefficient (Wildman–Crippen LogP) is 2.08. The van der Waals surface area contributed by atoms with Crippen LogP contribution in [0.5, 0.6) is 5.75 Å². The Balaban J connectivity index is 1.74. The molecule has 0 unspecified atom stereocenters. The standard InChI is InChI=1S/C15H16N2O2/c16-13-8-6-12(7-9-13)15(18)17-10-11-19-14-4-2-1-3-5-14/h1-9H,10-11,16H2,(H,17,18). The molecule has 0 spiro atoms. The summed E-state index contributed by atoms with van der Waals surface area (Å²) in [7, 11) is 0. The first kappa shape index (κ1) is 13.0. The lowest BCUT2D eigenvalue weighted by Crippen LogP contribution is -2.28. The number of hydrogen-bond acceptors (Lipinski definition) is 3. The number of nitrogen functional groups attached to an aromatic ring is 1. The number of carbonyl (C=O) groups is 1. The van der Waals surface area contributed by atoms with Gasteiger partial charge in [-0.3, -0.25) is 4.79 Å². The Morgan fingerprint density at radius 3 is 2.42 bits per heavy atom. The Bertz CT molecular complexity index is 524. The van der Waals surface area contributed by atoms with Crippen LogP contribution < -0.4 is 15.8 Å². The highest BCUT2D eigenvalue weighted by molar-refractivity contribution is 5.94. The number of ether oxygens (including phenoxy) is 1. The lowest BCUT2D eigenvalue weighted by molar-refractivity contribution is 0.0947. The van der Waals surface area contributed by atoms with Gasteiger partial charge in [0.05, 0.1) is 6.54 Å². The number of hydrogen-bond donors (Lipinski definition) is 2. The molecule has 4 nitrogen and oxygen atoms in total. The zero-order chi connectivity index (χ0) is 13.5. The molecule has 0 saturated carbocycles. The highest BCUT2D eigenvalue weighted by Gasteiger charge is 2.03. The van der Waals surface area contributed by atoms with Crippen molar-refractivity contribution in [1.29, 1.82) is 0 Å². The van der Waals surface area contributed by atoms with Crippen LogP contribution in [0.2, 0.25) is 0 Å². The molecule has 0 aliphatic carbocycles. The molecular formula is C15H16N2O2. The quantitative estimate of drug-likeness (QED) is 0.636. The Morgan fingerprint density at radius 2 is 1.74 bits per heavy atom. The van der Waals surface area contributed by atoms with Crippen LogP contribution >= 0.6 is 0 Å². The van der Waals surface area contributed by atoms with Crippen LogP contribution in [0, 0.1) is 0 Å². The summed E-state index contributed by atoms with van der Waals surface area (Å²) in [5.74, 6) is 0.667. The van der Waals surface area contributed by atoms with Crippen LogP contribution in [0.3, 0.4) is 0 Å². The van der Waals surface area contributed by atoms with Gasteiger partial charge in [-0.05, 0) is 36.4 Å². The van der Waals surface area contributed by atoms with Gasteiger partial charge in [-0.25, -0.2) is 0 Å². The molecule has 0 fully saturated rings. The molecular weight excluding hydrogens is 240 g/mol. The van der Waals surface area contributed by atoms with E-state index in [0.717, 1.165) is 5.75 Å². The van der Waals surface area contributed by atoms with Gasteiger partial charge in [-0.15, -0.1) is 0 Å².